The number of hydrogen-bond donors (Lipinski definition) is 3. The molecule has 6 nitrogen and oxygen atoms in total. The molecule has 0 aliphatic heterocycles. The molecule has 0 saturated carbocycles. The van der Waals surface area contributed by atoms with Crippen LogP contribution in [0.4, 0.5) is 10.6 Å². The lowest BCUT2D eigenvalue weighted by Gasteiger charge is -2.07. The first kappa shape index (κ1) is 14.1. The minimum Gasteiger partial charge on any atom is -0.465 e. The molecule has 6 heteroatoms. The zero-order chi connectivity index (χ0) is 14.7. The molecule has 1 atom stereocenters. The Morgan fingerprint density at radius 1 is 1.40 bits per heavy atom. The average molecular weight is 275 g/mol. The van der Waals surface area contributed by atoms with Crippen molar-refractivity contribution in [2.45, 2.75) is 26.4 Å². The molecular weight excluding hydrogens is 258 g/mol. The molecule has 1 aromatic carbocycles. The van der Waals surface area contributed by atoms with E-state index >= 15 is 0 Å². The fraction of sp³-hybridized carbons (Fsp3) is 0.286. The molecule has 0 fully saturated rings. The molecule has 20 heavy (non-hydrogen) atoms. The molecule has 1 aromatic heterocycles. The molecule has 1 heterocycles. The predicted octanol–water partition coefficient (Wildman–Crippen LogP) is 2.19. The second-order valence-corrected chi connectivity index (χ2v) is 4.65. The van der Waals surface area contributed by atoms with E-state index in [1.54, 1.807) is 18.5 Å². The van der Waals surface area contributed by atoms with Gasteiger partial charge in [-0.1, -0.05) is 18.2 Å². The molecule has 106 valence electrons. The minimum atomic E-state index is -1.14. The van der Waals surface area contributed by atoms with Gasteiger partial charge in [-0.25, -0.2) is 9.48 Å². The SMILES string of the molecule is Cc1c(CC(C)O)nn(-c2ccccc2)c1NC(=O)O. The highest BCUT2D eigenvalue weighted by Crippen LogP contribution is 2.24. The fourth-order valence-corrected chi connectivity index (χ4v) is 2.02. The first-order chi connectivity index (χ1) is 9.49. The smallest absolute Gasteiger partial charge is 0.410 e. The van der Waals surface area contributed by atoms with Gasteiger partial charge in [0, 0.05) is 12.0 Å². The third-order valence-electron chi connectivity index (χ3n) is 2.94. The summed E-state index contributed by atoms with van der Waals surface area (Å²) in [7, 11) is 0. The number of nitrogens with zero attached hydrogens (tertiary/aromatic N) is 2. The number of hydrogen-bond acceptors (Lipinski definition) is 3. The van der Waals surface area contributed by atoms with E-state index in [1.165, 1.54) is 0 Å². The highest BCUT2D eigenvalue weighted by molar-refractivity contribution is 5.83. The van der Waals surface area contributed by atoms with Crippen LogP contribution in [0.3, 0.4) is 0 Å². The Morgan fingerprint density at radius 2 is 2.05 bits per heavy atom. The van der Waals surface area contributed by atoms with E-state index in [0.717, 1.165) is 11.3 Å². The van der Waals surface area contributed by atoms with E-state index in [0.29, 0.717) is 17.9 Å². The first-order valence-electron chi connectivity index (χ1n) is 6.31. The maximum atomic E-state index is 10.9. The van der Waals surface area contributed by atoms with E-state index in [9.17, 15) is 9.90 Å². The Kier molecular flexibility index (Phi) is 4.05. The lowest BCUT2D eigenvalue weighted by Crippen LogP contribution is -2.12. The van der Waals surface area contributed by atoms with Gasteiger partial charge < -0.3 is 10.2 Å². The highest BCUT2D eigenvalue weighted by atomic mass is 16.4. The van der Waals surface area contributed by atoms with Gasteiger partial charge in [0.1, 0.15) is 5.82 Å². The summed E-state index contributed by atoms with van der Waals surface area (Å²) in [6, 6.07) is 9.26. The van der Waals surface area contributed by atoms with E-state index in [1.807, 2.05) is 30.3 Å². The zero-order valence-electron chi connectivity index (χ0n) is 11.4. The molecule has 0 saturated heterocycles. The van der Waals surface area contributed by atoms with Gasteiger partial charge in [0.2, 0.25) is 0 Å². The Hall–Kier alpha value is -2.34. The van der Waals surface area contributed by atoms with Gasteiger partial charge >= 0.3 is 6.09 Å². The van der Waals surface area contributed by atoms with Crippen molar-refractivity contribution in [2.24, 2.45) is 0 Å². The molecule has 0 aliphatic carbocycles. The van der Waals surface area contributed by atoms with Crippen LogP contribution < -0.4 is 5.32 Å². The molecule has 1 amide bonds. The van der Waals surface area contributed by atoms with Crippen molar-refractivity contribution in [2.75, 3.05) is 5.32 Å². The third kappa shape index (κ3) is 2.97. The summed E-state index contributed by atoms with van der Waals surface area (Å²) in [6.07, 6.45) is -1.31. The monoisotopic (exact) mass is 275 g/mol. The quantitative estimate of drug-likeness (QED) is 0.798. The molecule has 1 unspecified atom stereocenters. The van der Waals surface area contributed by atoms with Gasteiger partial charge in [-0.3, -0.25) is 5.32 Å². The standard InChI is InChI=1S/C14H17N3O3/c1-9(18)8-12-10(2)13(15-14(19)20)17(16-12)11-6-4-3-5-7-11/h3-7,9,15,18H,8H2,1-2H3,(H,19,20). The molecule has 0 radical (unpaired) electrons. The van der Waals surface area contributed by atoms with Gasteiger partial charge in [-0.2, -0.15) is 5.10 Å². The second-order valence-electron chi connectivity index (χ2n) is 4.65. The van der Waals surface area contributed by atoms with Crippen LogP contribution in [0.5, 0.6) is 0 Å². The van der Waals surface area contributed by atoms with E-state index in [-0.39, 0.29) is 0 Å². The molecule has 2 aromatic rings. The van der Waals surface area contributed by atoms with E-state index < -0.39 is 12.2 Å². The summed E-state index contributed by atoms with van der Waals surface area (Å²) < 4.78 is 1.54. The van der Waals surface area contributed by atoms with Crippen molar-refractivity contribution in [3.63, 3.8) is 0 Å². The summed E-state index contributed by atoms with van der Waals surface area (Å²) in [5, 5.41) is 25.2. The maximum Gasteiger partial charge on any atom is 0.410 e. The van der Waals surface area contributed by atoms with Gasteiger partial charge in [-0.15, -0.1) is 0 Å². The summed E-state index contributed by atoms with van der Waals surface area (Å²) in [5.74, 6) is 0.402. The summed E-state index contributed by atoms with van der Waals surface area (Å²) in [4.78, 5) is 10.9. The van der Waals surface area contributed by atoms with Crippen LogP contribution in [-0.2, 0) is 6.42 Å². The minimum absolute atomic E-state index is 0.375. The third-order valence-corrected chi connectivity index (χ3v) is 2.94. The van der Waals surface area contributed by atoms with Gasteiger partial charge in [0.15, 0.2) is 0 Å². The van der Waals surface area contributed by atoms with Crippen molar-refractivity contribution >= 4 is 11.9 Å². The van der Waals surface area contributed by atoms with E-state index in [4.69, 9.17) is 5.11 Å². The number of nitrogens with one attached hydrogen (secondary N) is 1. The number of amides is 1. The number of anilines is 1. The first-order valence-corrected chi connectivity index (χ1v) is 6.31. The highest BCUT2D eigenvalue weighted by Gasteiger charge is 2.18. The number of aliphatic hydroxyl groups is 1. The van der Waals surface area contributed by atoms with Crippen LogP contribution in [0.15, 0.2) is 30.3 Å². The van der Waals surface area contributed by atoms with Crippen molar-refractivity contribution in [1.82, 2.24) is 9.78 Å². The van der Waals surface area contributed by atoms with Crippen molar-refractivity contribution in [3.05, 3.63) is 41.6 Å². The number of aliphatic hydroxyl groups excluding tert-OH is 1. The zero-order valence-corrected chi connectivity index (χ0v) is 11.4. The van der Waals surface area contributed by atoms with Crippen LogP contribution in [0.2, 0.25) is 0 Å². The Morgan fingerprint density at radius 3 is 2.60 bits per heavy atom. The van der Waals surface area contributed by atoms with Crippen molar-refractivity contribution in [3.8, 4) is 5.69 Å². The topological polar surface area (TPSA) is 87.4 Å². The number of rotatable bonds is 4. The summed E-state index contributed by atoms with van der Waals surface area (Å²) in [6.45, 7) is 3.46. The Bertz CT molecular complexity index is 606. The van der Waals surface area contributed by atoms with Crippen LogP contribution >= 0.6 is 0 Å². The average Bonchev–Trinajstić information content (AvgIpc) is 2.68. The fourth-order valence-electron chi connectivity index (χ4n) is 2.02. The number of benzene rings is 1. The van der Waals surface area contributed by atoms with Crippen LogP contribution in [0, 0.1) is 6.92 Å². The molecule has 2 rings (SSSR count). The largest absolute Gasteiger partial charge is 0.465 e. The van der Waals surface area contributed by atoms with Crippen LogP contribution in [0.1, 0.15) is 18.2 Å². The molecule has 0 bridgehead atoms. The van der Waals surface area contributed by atoms with Crippen LogP contribution in [-0.4, -0.2) is 32.2 Å². The lowest BCUT2D eigenvalue weighted by molar-refractivity contribution is 0.194. The summed E-state index contributed by atoms with van der Waals surface area (Å²) in [5.41, 5.74) is 2.15. The lowest BCUT2D eigenvalue weighted by atomic mass is 10.1. The van der Waals surface area contributed by atoms with Crippen LogP contribution in [0.25, 0.3) is 5.69 Å². The number of para-hydroxylation sites is 1. The Balaban J connectivity index is 2.51. The molecule has 3 N–H and O–H groups in total. The number of carbonyl (C=O) groups is 1. The van der Waals surface area contributed by atoms with Crippen molar-refractivity contribution in [1.29, 1.82) is 0 Å². The van der Waals surface area contributed by atoms with Gasteiger partial charge in [0.05, 0.1) is 17.5 Å². The predicted molar refractivity (Wildman–Crippen MR) is 75.3 cm³/mol. The van der Waals surface area contributed by atoms with E-state index in [2.05, 4.69) is 10.4 Å². The number of carboxylic acid groups (broad SMARTS) is 1. The molecular formula is C14H17N3O3. The number of aromatic nitrogens is 2. The van der Waals surface area contributed by atoms with Gasteiger partial charge in [-0.05, 0) is 26.0 Å². The Labute approximate surface area is 116 Å². The second kappa shape index (κ2) is 5.75. The normalized spacial score (nSPS) is 12.2. The summed E-state index contributed by atoms with van der Waals surface area (Å²) >= 11 is 0. The molecule has 0 spiro atoms. The van der Waals surface area contributed by atoms with Gasteiger partial charge in [0.25, 0.3) is 0 Å². The van der Waals surface area contributed by atoms with Crippen molar-refractivity contribution < 1.29 is 15.0 Å². The maximum absolute atomic E-state index is 10.9. The molecule has 0 aliphatic rings.